The molecule has 6 atom stereocenters. The lowest BCUT2D eigenvalue weighted by Gasteiger charge is -2.47. The number of hydrogen-bond acceptors (Lipinski definition) is 6. The molecule has 282 valence electrons. The van der Waals surface area contributed by atoms with E-state index in [0.717, 1.165) is 17.0 Å². The molecule has 2 aliphatic heterocycles. The molecule has 0 radical (unpaired) electrons. The third kappa shape index (κ3) is 5.74. The van der Waals surface area contributed by atoms with Gasteiger partial charge in [-0.15, -0.1) is 0 Å². The molecule has 0 aromatic heterocycles. The first-order valence-corrected chi connectivity index (χ1v) is 16.9. The van der Waals surface area contributed by atoms with Crippen molar-refractivity contribution >= 4 is 52.7 Å². The molecule has 0 unspecified atom stereocenters. The number of aromatic hydroxyl groups is 1. The number of phenolic OH excluding ortho intramolecular Hbond substituents is 1. The van der Waals surface area contributed by atoms with Crippen molar-refractivity contribution in [3.8, 4) is 11.5 Å². The average molecular weight is 777 g/mol. The number of methoxy groups -OCH3 is 1. The Balaban J connectivity index is 1.34. The molecule has 4 aliphatic rings. The van der Waals surface area contributed by atoms with Gasteiger partial charge in [0.05, 0.1) is 57.8 Å². The lowest BCUT2D eigenvalue weighted by Crippen LogP contribution is -2.49. The van der Waals surface area contributed by atoms with Gasteiger partial charge in [-0.2, -0.15) is 26.3 Å². The van der Waals surface area contributed by atoms with Crippen LogP contribution >= 0.6 is 11.6 Å². The van der Waals surface area contributed by atoms with Crippen molar-refractivity contribution in [2.24, 2.45) is 35.0 Å². The standard InChI is InChI=1S/C38H28ClF7N2O6/c1-36-25(8-3-17-4-10-29(49)30(11-17)54-2)22-6-7-23-31(24(22)16-26(36)33(51)48(35(36)53)20-5-9-28(40)27(39)15-20)34(52)47(32(23)50)21-13-18(37(41,42)43)12-19(14-21)38(44,45)46/h3-6,8-15,23-26,31,49H,7,16H2,1-2H3/t23-,24+,25-,26-,31-,36-/m0/s1. The third-order valence-electron chi connectivity index (χ3n) is 11.0. The summed E-state index contributed by atoms with van der Waals surface area (Å²) < 4.78 is 102. The van der Waals surface area contributed by atoms with Crippen LogP contribution in [-0.4, -0.2) is 35.8 Å². The maximum absolute atomic E-state index is 14.5. The zero-order chi connectivity index (χ0) is 39.2. The van der Waals surface area contributed by atoms with Crippen molar-refractivity contribution in [2.75, 3.05) is 16.9 Å². The molecule has 7 rings (SSSR count). The predicted molar refractivity (Wildman–Crippen MR) is 179 cm³/mol. The van der Waals surface area contributed by atoms with Crippen LogP contribution in [0.2, 0.25) is 5.02 Å². The van der Waals surface area contributed by atoms with Gasteiger partial charge in [0, 0.05) is 5.92 Å². The normalized spacial score (nSPS) is 27.0. The number of carbonyl (C=O) groups is 4. The number of benzene rings is 3. The number of imide groups is 2. The number of alkyl halides is 6. The number of nitrogens with zero attached hydrogens (tertiary/aromatic N) is 2. The van der Waals surface area contributed by atoms with E-state index >= 15 is 0 Å². The molecule has 1 saturated carbocycles. The molecule has 1 N–H and O–H groups in total. The van der Waals surface area contributed by atoms with Gasteiger partial charge in [0.1, 0.15) is 5.82 Å². The summed E-state index contributed by atoms with van der Waals surface area (Å²) in [6, 6.07) is 8.26. The summed E-state index contributed by atoms with van der Waals surface area (Å²) >= 11 is 6.01. The molecule has 8 nitrogen and oxygen atoms in total. The van der Waals surface area contributed by atoms with Crippen molar-refractivity contribution in [1.82, 2.24) is 0 Å². The summed E-state index contributed by atoms with van der Waals surface area (Å²) in [5.74, 6) is -9.77. The lowest BCUT2D eigenvalue weighted by molar-refractivity contribution is -0.143. The van der Waals surface area contributed by atoms with Crippen LogP contribution in [0, 0.1) is 40.8 Å². The minimum Gasteiger partial charge on any atom is -0.504 e. The fourth-order valence-corrected chi connectivity index (χ4v) is 8.59. The van der Waals surface area contributed by atoms with Crippen LogP contribution in [0.1, 0.15) is 36.5 Å². The minimum atomic E-state index is -5.24. The number of phenols is 1. The number of carbonyl (C=O) groups excluding carboxylic acids is 4. The Morgan fingerprint density at radius 2 is 1.52 bits per heavy atom. The van der Waals surface area contributed by atoms with Crippen molar-refractivity contribution in [1.29, 1.82) is 0 Å². The topological polar surface area (TPSA) is 104 Å². The van der Waals surface area contributed by atoms with Gasteiger partial charge in [-0.05, 0) is 79.8 Å². The van der Waals surface area contributed by atoms with E-state index in [2.05, 4.69) is 0 Å². The van der Waals surface area contributed by atoms with Crippen molar-refractivity contribution in [3.05, 3.63) is 99.9 Å². The Labute approximate surface area is 307 Å². The number of hydrogen-bond donors (Lipinski definition) is 1. The Hall–Kier alpha value is -5.18. The summed E-state index contributed by atoms with van der Waals surface area (Å²) in [4.78, 5) is 58.0. The number of ether oxygens (including phenoxy) is 1. The van der Waals surface area contributed by atoms with Gasteiger partial charge in [-0.1, -0.05) is 41.5 Å². The van der Waals surface area contributed by atoms with E-state index < -0.39 is 93.6 Å². The first-order valence-electron chi connectivity index (χ1n) is 16.5. The van der Waals surface area contributed by atoms with Crippen molar-refractivity contribution in [2.45, 2.75) is 32.1 Å². The number of rotatable bonds is 5. The van der Waals surface area contributed by atoms with Gasteiger partial charge in [-0.3, -0.25) is 19.2 Å². The number of anilines is 2. The van der Waals surface area contributed by atoms with Gasteiger partial charge in [-0.25, -0.2) is 14.2 Å². The zero-order valence-electron chi connectivity index (χ0n) is 28.1. The average Bonchev–Trinajstić information content (AvgIpc) is 3.48. The summed E-state index contributed by atoms with van der Waals surface area (Å²) in [5, 5.41) is 9.74. The second-order valence-corrected chi connectivity index (χ2v) is 14.3. The molecule has 4 amide bonds. The molecule has 3 fully saturated rings. The van der Waals surface area contributed by atoms with Crippen molar-refractivity contribution in [3.63, 3.8) is 0 Å². The summed E-state index contributed by atoms with van der Waals surface area (Å²) in [5.41, 5.74) is -4.88. The number of amides is 4. The second-order valence-electron chi connectivity index (χ2n) is 13.9. The number of fused-ring (bicyclic) bond motifs is 4. The maximum atomic E-state index is 14.5. The summed E-state index contributed by atoms with van der Waals surface area (Å²) in [6.45, 7) is 1.56. The van der Waals surface area contributed by atoms with Gasteiger partial charge in [0.25, 0.3) is 0 Å². The van der Waals surface area contributed by atoms with Crippen LogP contribution in [0.3, 0.4) is 0 Å². The second kappa shape index (κ2) is 12.7. The first-order chi connectivity index (χ1) is 25.3. The maximum Gasteiger partial charge on any atom is 0.416 e. The fourth-order valence-electron chi connectivity index (χ4n) is 8.42. The van der Waals surface area contributed by atoms with Crippen LogP contribution in [0.4, 0.5) is 42.1 Å². The van der Waals surface area contributed by atoms with Crippen LogP contribution < -0.4 is 14.5 Å². The number of halogens is 8. The highest BCUT2D eigenvalue weighted by Crippen LogP contribution is 2.61. The smallest absolute Gasteiger partial charge is 0.416 e. The Bertz CT molecular complexity index is 2170. The largest absolute Gasteiger partial charge is 0.504 e. The van der Waals surface area contributed by atoms with E-state index in [1.165, 1.54) is 25.3 Å². The number of allylic oxidation sites excluding steroid dienone is 3. The molecule has 0 spiro atoms. The quantitative estimate of drug-likeness (QED) is 0.159. The van der Waals surface area contributed by atoms with Gasteiger partial charge in [0.15, 0.2) is 11.5 Å². The van der Waals surface area contributed by atoms with Crippen LogP contribution in [0.25, 0.3) is 6.08 Å². The molecule has 16 heteroatoms. The molecule has 2 heterocycles. The molecular weight excluding hydrogens is 749 g/mol. The van der Waals surface area contributed by atoms with Crippen molar-refractivity contribution < 1.29 is 59.8 Å². The Morgan fingerprint density at radius 1 is 0.852 bits per heavy atom. The van der Waals surface area contributed by atoms with E-state index in [0.29, 0.717) is 28.2 Å². The highest BCUT2D eigenvalue weighted by atomic mass is 35.5. The predicted octanol–water partition coefficient (Wildman–Crippen LogP) is 8.21. The molecule has 0 bridgehead atoms. The van der Waals surface area contributed by atoms with E-state index in [-0.39, 0.29) is 41.1 Å². The summed E-state index contributed by atoms with van der Waals surface area (Å²) in [6.07, 6.45) is -5.93. The Morgan fingerprint density at radius 3 is 2.13 bits per heavy atom. The monoisotopic (exact) mass is 776 g/mol. The van der Waals surface area contributed by atoms with Gasteiger partial charge in [0.2, 0.25) is 23.6 Å². The van der Waals surface area contributed by atoms with Gasteiger partial charge >= 0.3 is 12.4 Å². The summed E-state index contributed by atoms with van der Waals surface area (Å²) in [7, 11) is 1.34. The van der Waals surface area contributed by atoms with E-state index in [4.69, 9.17) is 16.3 Å². The molecule has 2 aliphatic carbocycles. The van der Waals surface area contributed by atoms with Gasteiger partial charge < -0.3 is 9.84 Å². The first kappa shape index (κ1) is 37.1. The minimum absolute atomic E-state index is 0.0174. The lowest BCUT2D eigenvalue weighted by atomic mass is 9.52. The van der Waals surface area contributed by atoms with E-state index in [1.54, 1.807) is 31.2 Å². The van der Waals surface area contributed by atoms with Crippen LogP contribution in [0.15, 0.2) is 72.3 Å². The Kier molecular flexibility index (Phi) is 8.74. The van der Waals surface area contributed by atoms with Crippen LogP contribution in [0.5, 0.6) is 11.5 Å². The van der Waals surface area contributed by atoms with E-state index in [1.807, 2.05) is 0 Å². The highest BCUT2D eigenvalue weighted by molar-refractivity contribution is 6.31. The third-order valence-corrected chi connectivity index (χ3v) is 11.3. The molecule has 3 aromatic carbocycles. The molecular formula is C38H28ClF7N2O6. The zero-order valence-corrected chi connectivity index (χ0v) is 28.9. The highest BCUT2D eigenvalue weighted by Gasteiger charge is 2.67. The van der Waals surface area contributed by atoms with E-state index in [9.17, 15) is 55.0 Å². The SMILES string of the molecule is COc1cc(C=C[C@H]2C3=CC[C@@H]4C(=O)N(c5cc(C(F)(F)F)cc(C(F)(F)F)c5)C(=O)[C@@H]4[C@@H]3C[C@H]3C(=O)N(c4ccc(F)c(Cl)c4)C(=O)[C@@]23C)ccc1O. The van der Waals surface area contributed by atoms with Crippen LogP contribution in [-0.2, 0) is 31.5 Å². The molecule has 54 heavy (non-hydrogen) atoms. The fraction of sp³-hybridized carbons (Fsp3) is 0.316. The molecule has 2 saturated heterocycles. The molecule has 3 aromatic rings.